The molecule has 1 saturated carbocycles. The molecule has 0 bridgehead atoms. The third-order valence-electron chi connectivity index (χ3n) is 6.85. The minimum absolute atomic E-state index is 0.0179. The number of aryl methyl sites for hydroxylation is 1. The maximum absolute atomic E-state index is 13.3. The summed E-state index contributed by atoms with van der Waals surface area (Å²) >= 11 is 6.22. The van der Waals surface area contributed by atoms with E-state index >= 15 is 0 Å². The topological polar surface area (TPSA) is 69.0 Å². The van der Waals surface area contributed by atoms with E-state index in [1.807, 2.05) is 0 Å². The summed E-state index contributed by atoms with van der Waals surface area (Å²) in [6, 6.07) is 9.01. The smallest absolute Gasteiger partial charge is 0.299 e. The van der Waals surface area contributed by atoms with Crippen molar-refractivity contribution in [3.8, 4) is 5.69 Å². The Bertz CT molecular complexity index is 1370. The highest BCUT2D eigenvalue weighted by atomic mass is 35.5. The van der Waals surface area contributed by atoms with Gasteiger partial charge >= 0.3 is 6.18 Å². The third kappa shape index (κ3) is 5.06. The molecule has 1 aliphatic rings. The predicted octanol–water partition coefficient (Wildman–Crippen LogP) is 6.22. The number of rotatable bonds is 7. The van der Waals surface area contributed by atoms with Crippen LogP contribution in [0.4, 0.5) is 17.6 Å². The Labute approximate surface area is 211 Å². The quantitative estimate of drug-likeness (QED) is 0.263. The van der Waals surface area contributed by atoms with Gasteiger partial charge in [-0.05, 0) is 67.8 Å². The average Bonchev–Trinajstić information content (AvgIpc) is 3.41. The van der Waals surface area contributed by atoms with E-state index in [9.17, 15) is 30.8 Å². The fraction of sp³-hybridized carbons (Fsp3) is 0.360. The minimum Gasteiger partial charge on any atom is -0.299 e. The van der Waals surface area contributed by atoms with Crippen LogP contribution < -0.4 is 0 Å². The number of benzene rings is 2. The van der Waals surface area contributed by atoms with Crippen LogP contribution in [-0.4, -0.2) is 29.2 Å². The molecule has 4 rings (SSSR count). The van der Waals surface area contributed by atoms with E-state index in [0.29, 0.717) is 30.5 Å². The number of hydrogen-bond donors (Lipinski definition) is 0. The van der Waals surface area contributed by atoms with Gasteiger partial charge in [0.25, 0.3) is 0 Å². The summed E-state index contributed by atoms with van der Waals surface area (Å²) in [4.78, 5) is 13.3. The summed E-state index contributed by atoms with van der Waals surface area (Å²) in [6.07, 6.45) is -1.39. The van der Waals surface area contributed by atoms with Crippen molar-refractivity contribution in [3.63, 3.8) is 0 Å². The Hall–Kier alpha value is -2.72. The first-order valence-corrected chi connectivity index (χ1v) is 13.2. The molecule has 1 aliphatic carbocycles. The number of carbonyl (C=O) groups excluding carboxylic acids is 1. The molecular formula is C25H23ClF4N2O3S. The van der Waals surface area contributed by atoms with Gasteiger partial charge in [-0.25, -0.2) is 17.5 Å². The summed E-state index contributed by atoms with van der Waals surface area (Å²) in [7, 11) is -3.86. The lowest BCUT2D eigenvalue weighted by Crippen LogP contribution is -2.40. The zero-order chi connectivity index (χ0) is 26.3. The van der Waals surface area contributed by atoms with E-state index in [2.05, 4.69) is 5.10 Å². The molecule has 0 radical (unpaired) electrons. The molecule has 0 amide bonds. The molecule has 2 atom stereocenters. The van der Waals surface area contributed by atoms with Gasteiger partial charge in [-0.1, -0.05) is 24.9 Å². The average molecular weight is 543 g/mol. The van der Waals surface area contributed by atoms with Crippen molar-refractivity contribution >= 4 is 27.2 Å². The van der Waals surface area contributed by atoms with Gasteiger partial charge < -0.3 is 0 Å². The molecule has 1 heterocycles. The fourth-order valence-corrected chi connectivity index (χ4v) is 7.24. The second kappa shape index (κ2) is 9.63. The first-order chi connectivity index (χ1) is 16.8. The second-order valence-electron chi connectivity index (χ2n) is 9.15. The van der Waals surface area contributed by atoms with E-state index in [0.717, 1.165) is 24.3 Å². The van der Waals surface area contributed by atoms with Gasteiger partial charge in [0.05, 0.1) is 21.4 Å². The molecule has 11 heteroatoms. The van der Waals surface area contributed by atoms with Crippen LogP contribution in [-0.2, 0) is 27.2 Å². The van der Waals surface area contributed by atoms with Crippen LogP contribution in [0.2, 0.25) is 5.15 Å². The summed E-state index contributed by atoms with van der Waals surface area (Å²) in [5.74, 6) is -0.776. The van der Waals surface area contributed by atoms with Gasteiger partial charge in [0.2, 0.25) is 0 Å². The molecule has 0 spiro atoms. The van der Waals surface area contributed by atoms with Crippen LogP contribution >= 0.6 is 11.6 Å². The molecule has 1 aromatic heterocycles. The van der Waals surface area contributed by atoms with Crippen LogP contribution in [0.25, 0.3) is 5.69 Å². The van der Waals surface area contributed by atoms with E-state index in [4.69, 9.17) is 11.6 Å². The number of nitrogens with zero attached hydrogens (tertiary/aromatic N) is 2. The standard InChI is InChI=1S/C25H23ClF4N2O3S/c1-24(14-2-3-22(24)36(34,35)20-11-7-18(27)8-12-20)21(33)13-4-16-15-32(31-23(16)26)19-9-5-17(6-10-19)25(28,29)30/h5-12,15,22H,2-4,13-14H2,1H3/t22-,24+/m0/s1. The van der Waals surface area contributed by atoms with Gasteiger partial charge in [-0.15, -0.1) is 0 Å². The number of sulfone groups is 1. The van der Waals surface area contributed by atoms with E-state index in [-0.39, 0.29) is 28.7 Å². The zero-order valence-corrected chi connectivity index (χ0v) is 20.8. The van der Waals surface area contributed by atoms with Crippen molar-refractivity contribution in [3.05, 3.63) is 76.8 Å². The van der Waals surface area contributed by atoms with E-state index in [1.165, 1.54) is 28.9 Å². The number of halogens is 5. The van der Waals surface area contributed by atoms with Gasteiger partial charge in [0, 0.05) is 23.6 Å². The largest absolute Gasteiger partial charge is 0.416 e. The molecule has 36 heavy (non-hydrogen) atoms. The van der Waals surface area contributed by atoms with Crippen molar-refractivity contribution in [2.24, 2.45) is 5.41 Å². The van der Waals surface area contributed by atoms with Crippen molar-refractivity contribution < 1.29 is 30.8 Å². The molecule has 3 aromatic rings. The molecule has 1 fully saturated rings. The van der Waals surface area contributed by atoms with Crippen molar-refractivity contribution in [2.75, 3.05) is 0 Å². The Morgan fingerprint density at radius 1 is 1.14 bits per heavy atom. The Morgan fingerprint density at radius 3 is 2.39 bits per heavy atom. The van der Waals surface area contributed by atoms with Gasteiger partial charge in [0.15, 0.2) is 15.0 Å². The van der Waals surface area contributed by atoms with Crippen molar-refractivity contribution in [1.29, 1.82) is 0 Å². The first-order valence-electron chi connectivity index (χ1n) is 11.3. The van der Waals surface area contributed by atoms with E-state index in [1.54, 1.807) is 13.1 Å². The molecule has 0 unspecified atom stereocenters. The normalized spacial score (nSPS) is 20.6. The lowest BCUT2D eigenvalue weighted by molar-refractivity contribution is -0.137. The van der Waals surface area contributed by atoms with Crippen LogP contribution in [0, 0.1) is 11.2 Å². The summed E-state index contributed by atoms with van der Waals surface area (Å²) in [5, 5.41) is 3.31. The van der Waals surface area contributed by atoms with Gasteiger partial charge in [0.1, 0.15) is 11.6 Å². The highest BCUT2D eigenvalue weighted by Gasteiger charge is 2.50. The molecule has 0 N–H and O–H groups in total. The van der Waals surface area contributed by atoms with Crippen molar-refractivity contribution in [1.82, 2.24) is 9.78 Å². The predicted molar refractivity (Wildman–Crippen MR) is 126 cm³/mol. The molecule has 0 aliphatic heterocycles. The molecule has 192 valence electrons. The van der Waals surface area contributed by atoms with Crippen LogP contribution in [0.5, 0.6) is 0 Å². The Balaban J connectivity index is 1.49. The fourth-order valence-electron chi connectivity index (χ4n) is 4.76. The van der Waals surface area contributed by atoms with Crippen LogP contribution in [0.1, 0.15) is 43.7 Å². The third-order valence-corrected chi connectivity index (χ3v) is 9.60. The number of aromatic nitrogens is 2. The maximum atomic E-state index is 13.3. The summed E-state index contributed by atoms with van der Waals surface area (Å²) < 4.78 is 79.6. The minimum atomic E-state index is -4.45. The molecule has 0 saturated heterocycles. The number of alkyl halides is 3. The lowest BCUT2D eigenvalue weighted by Gasteiger charge is -2.30. The van der Waals surface area contributed by atoms with Gasteiger partial charge in [-0.3, -0.25) is 4.79 Å². The highest BCUT2D eigenvalue weighted by Crippen LogP contribution is 2.45. The monoisotopic (exact) mass is 542 g/mol. The SMILES string of the molecule is C[C@]1(C(=O)CCc2cn(-c3ccc(C(F)(F)F)cc3)nc2Cl)CCC[C@@H]1S(=O)(=O)c1ccc(F)cc1. The highest BCUT2D eigenvalue weighted by molar-refractivity contribution is 7.92. The second-order valence-corrected chi connectivity index (χ2v) is 11.6. The zero-order valence-electron chi connectivity index (χ0n) is 19.2. The van der Waals surface area contributed by atoms with Crippen LogP contribution in [0.15, 0.2) is 59.6 Å². The lowest BCUT2D eigenvalue weighted by atomic mass is 9.81. The number of carbonyl (C=O) groups is 1. The molecule has 2 aromatic carbocycles. The first kappa shape index (κ1) is 26.3. The number of ketones is 1. The summed E-state index contributed by atoms with van der Waals surface area (Å²) in [5.41, 5.74) is -1.01. The van der Waals surface area contributed by atoms with Crippen molar-refractivity contribution in [2.45, 2.75) is 55.3 Å². The number of hydrogen-bond acceptors (Lipinski definition) is 4. The van der Waals surface area contributed by atoms with E-state index < -0.39 is 38.1 Å². The Kier molecular flexibility index (Phi) is 7.04. The van der Waals surface area contributed by atoms with Gasteiger partial charge in [-0.2, -0.15) is 18.3 Å². The Morgan fingerprint density at radius 2 is 1.78 bits per heavy atom. The number of Topliss-reactive ketones (excluding diaryl/α,β-unsaturated/α-hetero) is 1. The maximum Gasteiger partial charge on any atom is 0.416 e. The molecule has 5 nitrogen and oxygen atoms in total. The molecular weight excluding hydrogens is 520 g/mol. The summed E-state index contributed by atoms with van der Waals surface area (Å²) in [6.45, 7) is 1.65. The van der Waals surface area contributed by atoms with Crippen LogP contribution in [0.3, 0.4) is 0 Å².